The Labute approximate surface area is 108 Å². The van der Waals surface area contributed by atoms with Gasteiger partial charge in [0.25, 0.3) is 0 Å². The zero-order valence-corrected chi connectivity index (χ0v) is 9.83. The molecule has 1 aromatic heterocycles. The Morgan fingerprint density at radius 2 is 1.68 bits per heavy atom. The van der Waals surface area contributed by atoms with Crippen LogP contribution in [0, 0.1) is 0 Å². The van der Waals surface area contributed by atoms with Gasteiger partial charge in [0.2, 0.25) is 0 Å². The van der Waals surface area contributed by atoms with Crippen molar-refractivity contribution >= 4 is 11.0 Å². The van der Waals surface area contributed by atoms with Crippen LogP contribution in [0.25, 0.3) is 22.1 Å². The number of phenols is 2. The minimum absolute atomic E-state index is 0.0717. The number of aromatic hydroxyl groups is 2. The van der Waals surface area contributed by atoms with Gasteiger partial charge in [-0.15, -0.1) is 0 Å². The third-order valence-electron chi connectivity index (χ3n) is 2.88. The highest BCUT2D eigenvalue weighted by atomic mass is 16.4. The van der Waals surface area contributed by atoms with E-state index in [1.807, 2.05) is 18.2 Å². The molecule has 0 amide bonds. The van der Waals surface area contributed by atoms with Crippen LogP contribution in [0.15, 0.2) is 57.7 Å². The highest BCUT2D eigenvalue weighted by Gasteiger charge is 2.11. The highest BCUT2D eigenvalue weighted by molar-refractivity contribution is 5.87. The monoisotopic (exact) mass is 254 g/mol. The van der Waals surface area contributed by atoms with Crippen molar-refractivity contribution in [3.05, 3.63) is 59.0 Å². The average Bonchev–Trinajstić information content (AvgIpc) is 2.40. The van der Waals surface area contributed by atoms with Gasteiger partial charge in [0.1, 0.15) is 5.75 Å². The number of fused-ring (bicyclic) bond motifs is 1. The van der Waals surface area contributed by atoms with E-state index in [0.717, 1.165) is 11.6 Å². The zero-order chi connectivity index (χ0) is 13.4. The quantitative estimate of drug-likeness (QED) is 0.655. The lowest BCUT2D eigenvalue weighted by Gasteiger charge is -2.04. The summed E-state index contributed by atoms with van der Waals surface area (Å²) >= 11 is 0. The maximum atomic E-state index is 11.9. The number of hydrogen-bond acceptors (Lipinski definition) is 4. The normalized spacial score (nSPS) is 10.7. The van der Waals surface area contributed by atoms with Crippen LogP contribution in [0.4, 0.5) is 0 Å². The summed E-state index contributed by atoms with van der Waals surface area (Å²) in [4.78, 5) is 11.9. The van der Waals surface area contributed by atoms with E-state index < -0.39 is 5.63 Å². The van der Waals surface area contributed by atoms with E-state index in [1.165, 1.54) is 6.07 Å². The molecule has 0 unspecified atom stereocenters. The molecule has 0 aliphatic rings. The third-order valence-corrected chi connectivity index (χ3v) is 2.88. The average molecular weight is 254 g/mol. The Morgan fingerprint density at radius 1 is 0.947 bits per heavy atom. The van der Waals surface area contributed by atoms with E-state index in [-0.39, 0.29) is 17.1 Å². The minimum Gasteiger partial charge on any atom is -0.508 e. The van der Waals surface area contributed by atoms with Crippen LogP contribution in [0.1, 0.15) is 0 Å². The van der Waals surface area contributed by atoms with Gasteiger partial charge in [0.15, 0.2) is 11.3 Å². The Morgan fingerprint density at radius 3 is 2.42 bits per heavy atom. The minimum atomic E-state index is -0.528. The van der Waals surface area contributed by atoms with Crippen molar-refractivity contribution in [3.8, 4) is 22.6 Å². The highest BCUT2D eigenvalue weighted by Crippen LogP contribution is 2.30. The van der Waals surface area contributed by atoms with Crippen molar-refractivity contribution in [1.82, 2.24) is 0 Å². The molecule has 0 atom stereocenters. The predicted octanol–water partition coefficient (Wildman–Crippen LogP) is 2.87. The fourth-order valence-electron chi connectivity index (χ4n) is 2.02. The van der Waals surface area contributed by atoms with E-state index in [2.05, 4.69) is 0 Å². The van der Waals surface area contributed by atoms with Gasteiger partial charge >= 0.3 is 5.63 Å². The molecule has 19 heavy (non-hydrogen) atoms. The first-order valence-corrected chi connectivity index (χ1v) is 5.70. The van der Waals surface area contributed by atoms with Crippen LogP contribution in [-0.4, -0.2) is 10.2 Å². The molecule has 3 rings (SSSR count). The summed E-state index contributed by atoms with van der Waals surface area (Å²) in [5, 5.41) is 19.6. The van der Waals surface area contributed by atoms with E-state index in [1.54, 1.807) is 18.2 Å². The summed E-state index contributed by atoms with van der Waals surface area (Å²) in [6, 6.07) is 13.2. The number of hydrogen-bond donors (Lipinski definition) is 2. The molecule has 0 fully saturated rings. The molecular weight excluding hydrogens is 244 g/mol. The molecule has 3 aromatic rings. The van der Waals surface area contributed by atoms with Crippen LogP contribution < -0.4 is 5.63 Å². The fourth-order valence-corrected chi connectivity index (χ4v) is 2.02. The summed E-state index contributed by atoms with van der Waals surface area (Å²) < 4.78 is 5.12. The molecule has 0 saturated heterocycles. The van der Waals surface area contributed by atoms with Gasteiger partial charge in [-0.3, -0.25) is 0 Å². The second-order valence-electron chi connectivity index (χ2n) is 4.20. The van der Waals surface area contributed by atoms with Crippen LogP contribution in [0.3, 0.4) is 0 Å². The maximum absolute atomic E-state index is 11.9. The lowest BCUT2D eigenvalue weighted by molar-refractivity contribution is 0.441. The van der Waals surface area contributed by atoms with Gasteiger partial charge in [-0.25, -0.2) is 4.79 Å². The second kappa shape index (κ2) is 4.17. The Hall–Kier alpha value is -2.75. The molecule has 4 heteroatoms. The smallest absolute Gasteiger partial charge is 0.344 e. The summed E-state index contributed by atoms with van der Waals surface area (Å²) in [7, 11) is 0. The molecular formula is C15H10O4. The first-order valence-electron chi connectivity index (χ1n) is 5.70. The number of rotatable bonds is 1. The molecule has 0 saturated carbocycles. The van der Waals surface area contributed by atoms with E-state index in [4.69, 9.17) is 4.42 Å². The summed E-state index contributed by atoms with van der Waals surface area (Å²) in [6.45, 7) is 0. The van der Waals surface area contributed by atoms with Crippen molar-refractivity contribution in [2.45, 2.75) is 0 Å². The first-order chi connectivity index (χ1) is 9.15. The summed E-state index contributed by atoms with van der Waals surface area (Å²) in [5.41, 5.74) is 0.654. The lowest BCUT2D eigenvalue weighted by Crippen LogP contribution is -2.02. The van der Waals surface area contributed by atoms with Crippen LogP contribution in [-0.2, 0) is 0 Å². The Bertz CT molecular complexity index is 803. The van der Waals surface area contributed by atoms with Crippen molar-refractivity contribution in [2.24, 2.45) is 0 Å². The van der Waals surface area contributed by atoms with E-state index >= 15 is 0 Å². The predicted molar refractivity (Wildman–Crippen MR) is 71.2 cm³/mol. The number of phenolic OH excluding ortho intramolecular Hbond substituents is 2. The molecule has 0 aliphatic carbocycles. The first kappa shape index (κ1) is 11.3. The van der Waals surface area contributed by atoms with Crippen molar-refractivity contribution < 1.29 is 14.6 Å². The van der Waals surface area contributed by atoms with Crippen molar-refractivity contribution in [3.63, 3.8) is 0 Å². The van der Waals surface area contributed by atoms with Crippen molar-refractivity contribution in [1.29, 1.82) is 0 Å². The molecule has 0 radical (unpaired) electrons. The zero-order valence-electron chi connectivity index (χ0n) is 9.83. The molecule has 2 aromatic carbocycles. The molecule has 4 nitrogen and oxygen atoms in total. The molecule has 0 spiro atoms. The van der Waals surface area contributed by atoms with Gasteiger partial charge in [0.05, 0.1) is 5.56 Å². The number of benzene rings is 2. The molecule has 0 bridgehead atoms. The molecule has 2 N–H and O–H groups in total. The van der Waals surface area contributed by atoms with Crippen LogP contribution in [0.5, 0.6) is 11.5 Å². The fraction of sp³-hybridized carbons (Fsp3) is 0. The standard InChI is InChI=1S/C15H10O4/c16-11-6-10-7-12(9-4-2-1-3-5-9)15(18)19-14(10)13(17)8-11/h1-8,16-17H. The Kier molecular flexibility index (Phi) is 2.49. The van der Waals surface area contributed by atoms with Gasteiger partial charge in [0, 0.05) is 11.5 Å². The van der Waals surface area contributed by atoms with Crippen LogP contribution >= 0.6 is 0 Å². The topological polar surface area (TPSA) is 70.7 Å². The maximum Gasteiger partial charge on any atom is 0.344 e. The summed E-state index contributed by atoms with van der Waals surface area (Å²) in [6.07, 6.45) is 0. The second-order valence-corrected chi connectivity index (χ2v) is 4.20. The van der Waals surface area contributed by atoms with Gasteiger partial charge in [-0.2, -0.15) is 0 Å². The van der Waals surface area contributed by atoms with E-state index in [9.17, 15) is 15.0 Å². The van der Waals surface area contributed by atoms with Crippen molar-refractivity contribution in [2.75, 3.05) is 0 Å². The van der Waals surface area contributed by atoms with E-state index in [0.29, 0.717) is 10.9 Å². The van der Waals surface area contributed by atoms with Gasteiger partial charge in [-0.05, 0) is 17.7 Å². The largest absolute Gasteiger partial charge is 0.508 e. The van der Waals surface area contributed by atoms with Gasteiger partial charge in [-0.1, -0.05) is 30.3 Å². The SMILES string of the molecule is O=c1oc2c(O)cc(O)cc2cc1-c1ccccc1. The molecule has 94 valence electrons. The lowest BCUT2D eigenvalue weighted by atomic mass is 10.1. The molecule has 0 aliphatic heterocycles. The van der Waals surface area contributed by atoms with Gasteiger partial charge < -0.3 is 14.6 Å². The summed E-state index contributed by atoms with van der Waals surface area (Å²) in [5.74, 6) is -0.343. The molecule has 1 heterocycles. The van der Waals surface area contributed by atoms with Crippen LogP contribution in [0.2, 0.25) is 0 Å². The Balaban J connectivity index is 2.34. The third kappa shape index (κ3) is 1.93.